The molecule has 4 rings (SSSR count). The van der Waals surface area contributed by atoms with Crippen molar-refractivity contribution in [3.05, 3.63) is 82.3 Å². The number of hydrogen-bond acceptors (Lipinski definition) is 5. The second-order valence-corrected chi connectivity index (χ2v) is 10.00. The Morgan fingerprint density at radius 3 is 2.15 bits per heavy atom. The minimum Gasteiger partial charge on any atom is -0.494 e. The Bertz CT molecular complexity index is 1340. The smallest absolute Gasteiger partial charge is 0.256 e. The van der Waals surface area contributed by atoms with Crippen molar-refractivity contribution in [2.24, 2.45) is 0 Å². The van der Waals surface area contributed by atoms with Crippen LogP contribution in [0.15, 0.2) is 66.7 Å². The Hall–Kier alpha value is -3.33. The van der Waals surface area contributed by atoms with Gasteiger partial charge in [-0.2, -0.15) is 0 Å². The number of nitrogens with zero attached hydrogens (tertiary/aromatic N) is 2. The fraction of sp³-hybridized carbons (Fsp3) is 0.276. The topological polar surface area (TPSA) is 71.1 Å². The van der Waals surface area contributed by atoms with E-state index < -0.39 is 6.04 Å². The fourth-order valence-corrected chi connectivity index (χ4v) is 5.25. The van der Waals surface area contributed by atoms with Crippen LogP contribution in [0.4, 0.5) is 11.4 Å². The molecule has 3 aromatic rings. The van der Waals surface area contributed by atoms with Gasteiger partial charge >= 0.3 is 0 Å². The van der Waals surface area contributed by atoms with Gasteiger partial charge < -0.3 is 19.7 Å². The molecule has 0 aliphatic carbocycles. The van der Waals surface area contributed by atoms with E-state index in [1.807, 2.05) is 19.9 Å². The molecule has 204 valence electrons. The normalized spacial score (nSPS) is 15.0. The third-order valence-electron chi connectivity index (χ3n) is 6.19. The van der Waals surface area contributed by atoms with Crippen LogP contribution in [0, 0.1) is 0 Å². The molecule has 3 aromatic carbocycles. The molecule has 1 saturated heterocycles. The molecule has 10 heteroatoms. The summed E-state index contributed by atoms with van der Waals surface area (Å²) >= 11 is 18.2. The Labute approximate surface area is 243 Å². The van der Waals surface area contributed by atoms with Crippen molar-refractivity contribution in [1.82, 2.24) is 4.90 Å². The number of carbonyl (C=O) groups excluding carboxylic acids is 2. The lowest BCUT2D eigenvalue weighted by Crippen LogP contribution is -2.39. The number of benzene rings is 3. The predicted molar refractivity (Wildman–Crippen MR) is 159 cm³/mol. The van der Waals surface area contributed by atoms with E-state index in [0.29, 0.717) is 64.2 Å². The lowest BCUT2D eigenvalue weighted by atomic mass is 10.1. The van der Waals surface area contributed by atoms with Gasteiger partial charge in [0.2, 0.25) is 5.91 Å². The molecule has 1 N–H and O–H groups in total. The third-order valence-corrected chi connectivity index (χ3v) is 7.19. The van der Waals surface area contributed by atoms with E-state index in [4.69, 9.17) is 44.9 Å². The van der Waals surface area contributed by atoms with Crippen LogP contribution in [0.1, 0.15) is 25.8 Å². The molecule has 2 amide bonds. The number of hydrogen-bond donors (Lipinski definition) is 1. The van der Waals surface area contributed by atoms with Crippen LogP contribution in [0.3, 0.4) is 0 Å². The molecule has 0 spiro atoms. The van der Waals surface area contributed by atoms with Crippen LogP contribution < -0.4 is 19.7 Å². The standard InChI is InChI=1S/C29H29Cl2N3O4S/c1-3-37-23-11-7-21(8-12-23)32-27(35)18-26-28(36)34(22-9-13-24(14-10-22)38-4-2)29(39)33(26)16-15-19-5-6-20(30)17-25(19)31/h5-14,17,26H,3-4,15-16,18H2,1-2H3,(H,32,35)/t26-/m1/s1. The first kappa shape index (κ1) is 28.7. The zero-order valence-corrected chi connectivity index (χ0v) is 24.0. The molecule has 1 heterocycles. The number of anilines is 2. The van der Waals surface area contributed by atoms with Crippen molar-refractivity contribution in [2.75, 3.05) is 30.0 Å². The number of halogens is 2. The van der Waals surface area contributed by atoms with Crippen LogP contribution in [0.5, 0.6) is 11.5 Å². The summed E-state index contributed by atoms with van der Waals surface area (Å²) in [6.45, 7) is 5.29. The molecule has 7 nitrogen and oxygen atoms in total. The molecule has 1 fully saturated rings. The first-order valence-electron chi connectivity index (χ1n) is 12.6. The van der Waals surface area contributed by atoms with E-state index in [1.54, 1.807) is 65.6 Å². The third kappa shape index (κ3) is 7.01. The van der Waals surface area contributed by atoms with Gasteiger partial charge in [0.1, 0.15) is 17.5 Å². The molecule has 0 saturated carbocycles. The highest BCUT2D eigenvalue weighted by Gasteiger charge is 2.44. The summed E-state index contributed by atoms with van der Waals surface area (Å²) in [7, 11) is 0. The van der Waals surface area contributed by atoms with Gasteiger partial charge in [-0.25, -0.2) is 0 Å². The maximum absolute atomic E-state index is 13.7. The highest BCUT2D eigenvalue weighted by molar-refractivity contribution is 7.80. The maximum atomic E-state index is 13.7. The molecule has 0 unspecified atom stereocenters. The van der Waals surface area contributed by atoms with E-state index in [-0.39, 0.29) is 18.2 Å². The SMILES string of the molecule is CCOc1ccc(NC(=O)C[C@@H]2C(=O)N(c3ccc(OCC)cc3)C(=S)N2CCc2ccc(Cl)cc2Cl)cc1. The van der Waals surface area contributed by atoms with E-state index in [0.717, 1.165) is 5.56 Å². The molecule has 1 atom stereocenters. The molecule has 0 radical (unpaired) electrons. The minimum absolute atomic E-state index is 0.0753. The summed E-state index contributed by atoms with van der Waals surface area (Å²) in [6.07, 6.45) is 0.436. The Kier molecular flexibility index (Phi) is 9.67. The van der Waals surface area contributed by atoms with Crippen molar-refractivity contribution in [1.29, 1.82) is 0 Å². The summed E-state index contributed by atoms with van der Waals surface area (Å²) in [6, 6.07) is 18.8. The summed E-state index contributed by atoms with van der Waals surface area (Å²) in [5.41, 5.74) is 2.09. The van der Waals surface area contributed by atoms with Crippen LogP contribution in [0.2, 0.25) is 10.0 Å². The fourth-order valence-electron chi connectivity index (χ4n) is 4.34. The monoisotopic (exact) mass is 585 g/mol. The van der Waals surface area contributed by atoms with Crippen molar-refractivity contribution < 1.29 is 19.1 Å². The molecule has 0 bridgehead atoms. The lowest BCUT2D eigenvalue weighted by Gasteiger charge is -2.24. The van der Waals surface area contributed by atoms with Gasteiger partial charge in [-0.3, -0.25) is 14.5 Å². The minimum atomic E-state index is -0.780. The van der Waals surface area contributed by atoms with Gasteiger partial charge in [-0.1, -0.05) is 29.3 Å². The van der Waals surface area contributed by atoms with Crippen molar-refractivity contribution in [3.63, 3.8) is 0 Å². The van der Waals surface area contributed by atoms with Gasteiger partial charge in [0.25, 0.3) is 5.91 Å². The van der Waals surface area contributed by atoms with Gasteiger partial charge in [0, 0.05) is 22.3 Å². The highest BCUT2D eigenvalue weighted by Crippen LogP contribution is 2.30. The number of carbonyl (C=O) groups is 2. The van der Waals surface area contributed by atoms with Gasteiger partial charge in [0.05, 0.1) is 25.3 Å². The number of ether oxygens (including phenoxy) is 2. The average molecular weight is 587 g/mol. The van der Waals surface area contributed by atoms with E-state index >= 15 is 0 Å². The molecule has 1 aliphatic rings. The maximum Gasteiger partial charge on any atom is 0.256 e. The second kappa shape index (κ2) is 13.2. The Morgan fingerprint density at radius 1 is 0.949 bits per heavy atom. The Morgan fingerprint density at radius 2 is 1.56 bits per heavy atom. The average Bonchev–Trinajstić information content (AvgIpc) is 3.14. The first-order chi connectivity index (χ1) is 18.8. The van der Waals surface area contributed by atoms with E-state index in [9.17, 15) is 9.59 Å². The summed E-state index contributed by atoms with van der Waals surface area (Å²) < 4.78 is 11.0. The highest BCUT2D eigenvalue weighted by atomic mass is 35.5. The zero-order valence-electron chi connectivity index (χ0n) is 21.7. The number of rotatable bonds is 11. The van der Waals surface area contributed by atoms with Crippen molar-refractivity contribution >= 4 is 63.7 Å². The lowest BCUT2D eigenvalue weighted by molar-refractivity contribution is -0.124. The van der Waals surface area contributed by atoms with Crippen LogP contribution >= 0.6 is 35.4 Å². The second-order valence-electron chi connectivity index (χ2n) is 8.79. The molecule has 1 aliphatic heterocycles. The summed E-state index contributed by atoms with van der Waals surface area (Å²) in [4.78, 5) is 30.0. The predicted octanol–water partition coefficient (Wildman–Crippen LogP) is 6.36. The number of thiocarbonyl (C=S) groups is 1. The molecular formula is C29H29Cl2N3O4S. The van der Waals surface area contributed by atoms with Gasteiger partial charge in [-0.05, 0) is 98.7 Å². The zero-order chi connectivity index (χ0) is 27.9. The Balaban J connectivity index is 1.54. The van der Waals surface area contributed by atoms with E-state index in [1.165, 1.54) is 4.90 Å². The van der Waals surface area contributed by atoms with Crippen LogP contribution in [-0.4, -0.2) is 47.6 Å². The van der Waals surface area contributed by atoms with Crippen LogP contribution in [0.25, 0.3) is 0 Å². The quantitative estimate of drug-likeness (QED) is 0.264. The molecule has 39 heavy (non-hydrogen) atoms. The van der Waals surface area contributed by atoms with Crippen molar-refractivity contribution in [3.8, 4) is 11.5 Å². The van der Waals surface area contributed by atoms with Crippen molar-refractivity contribution in [2.45, 2.75) is 32.7 Å². The first-order valence-corrected chi connectivity index (χ1v) is 13.8. The largest absolute Gasteiger partial charge is 0.494 e. The number of nitrogens with one attached hydrogen (secondary N) is 1. The molecule has 0 aromatic heterocycles. The molecular weight excluding hydrogens is 557 g/mol. The summed E-state index contributed by atoms with van der Waals surface area (Å²) in [5, 5.41) is 4.28. The summed E-state index contributed by atoms with van der Waals surface area (Å²) in [5.74, 6) is 0.834. The van der Waals surface area contributed by atoms with Gasteiger partial charge in [-0.15, -0.1) is 0 Å². The van der Waals surface area contributed by atoms with Crippen LogP contribution in [-0.2, 0) is 16.0 Å². The van der Waals surface area contributed by atoms with E-state index in [2.05, 4.69) is 5.32 Å². The van der Waals surface area contributed by atoms with Gasteiger partial charge in [0.15, 0.2) is 5.11 Å². The number of amides is 2.